The lowest BCUT2D eigenvalue weighted by atomic mass is 9.81. The van der Waals surface area contributed by atoms with Crippen molar-refractivity contribution in [2.45, 2.75) is 188 Å². The zero-order valence-electron chi connectivity index (χ0n) is 74.2. The van der Waals surface area contributed by atoms with Crippen LogP contribution in [0.15, 0.2) is 174 Å². The van der Waals surface area contributed by atoms with Crippen LogP contribution in [0.4, 0.5) is 9.59 Å². The highest BCUT2D eigenvalue weighted by molar-refractivity contribution is 6.08. The van der Waals surface area contributed by atoms with Crippen molar-refractivity contribution in [3.05, 3.63) is 230 Å². The maximum absolute atomic E-state index is 14.3. The molecule has 3 saturated carbocycles. The maximum Gasteiger partial charge on any atom is 0.410 e. The molecule has 3 N–H and O–H groups in total. The lowest BCUT2D eigenvalue weighted by molar-refractivity contribution is -0.131. The molecule has 24 heteroatoms. The summed E-state index contributed by atoms with van der Waals surface area (Å²) in [7, 11) is 0. The monoisotopic (exact) mass is 1770 g/mol. The molecule has 24 nitrogen and oxygen atoms in total. The van der Waals surface area contributed by atoms with E-state index in [9.17, 15) is 58.5 Å². The van der Waals surface area contributed by atoms with E-state index in [4.69, 9.17) is 9.47 Å². The van der Waals surface area contributed by atoms with Gasteiger partial charge in [0, 0.05) is 163 Å². The number of piperazine rings is 3. The van der Waals surface area contributed by atoms with Gasteiger partial charge in [0.15, 0.2) is 0 Å². The summed E-state index contributed by atoms with van der Waals surface area (Å²) in [6, 6.07) is 50.2. The number of ether oxygens (including phenoxy) is 2. The molecule has 3 aromatic heterocycles. The average molecular weight is 1770 g/mol. The van der Waals surface area contributed by atoms with Gasteiger partial charge in [0.1, 0.15) is 5.60 Å². The van der Waals surface area contributed by atoms with Gasteiger partial charge in [-0.1, -0.05) is 182 Å². The van der Waals surface area contributed by atoms with Crippen molar-refractivity contribution in [2.75, 3.05) is 98.3 Å². The van der Waals surface area contributed by atoms with E-state index in [1.807, 2.05) is 160 Å². The molecule has 0 radical (unpaired) electrons. The number of fused-ring (bicyclic) bond motifs is 15. The molecule has 7 aromatic carbocycles. The Morgan fingerprint density at radius 1 is 0.359 bits per heavy atom. The fourth-order valence-corrected chi connectivity index (χ4v) is 21.7. The number of carbonyl (C=O) groups is 9. The highest BCUT2D eigenvalue weighted by atomic mass is 16.6. The Morgan fingerprint density at radius 2 is 0.695 bits per heavy atom. The third-order valence-corrected chi connectivity index (χ3v) is 28.1. The molecule has 3 aliphatic carbocycles. The van der Waals surface area contributed by atoms with Crippen LogP contribution in [0.3, 0.4) is 0 Å². The van der Waals surface area contributed by atoms with Gasteiger partial charge in [-0.3, -0.25) is 19.2 Å². The van der Waals surface area contributed by atoms with E-state index in [2.05, 4.69) is 50.1 Å². The molecule has 0 unspecified atom stereocenters. The first kappa shape index (κ1) is 91.5. The van der Waals surface area contributed by atoms with Crippen LogP contribution in [-0.4, -0.2) is 227 Å². The van der Waals surface area contributed by atoms with E-state index in [0.29, 0.717) is 158 Å². The van der Waals surface area contributed by atoms with Crippen molar-refractivity contribution in [3.63, 3.8) is 0 Å². The zero-order valence-corrected chi connectivity index (χ0v) is 74.2. The van der Waals surface area contributed by atoms with Crippen LogP contribution in [0.1, 0.15) is 231 Å². The summed E-state index contributed by atoms with van der Waals surface area (Å²) < 4.78 is 17.5. The van der Waals surface area contributed by atoms with Crippen molar-refractivity contribution < 1.29 is 67.9 Å². The van der Waals surface area contributed by atoms with E-state index >= 15 is 0 Å². The minimum absolute atomic E-state index is 0. The van der Waals surface area contributed by atoms with E-state index in [0.717, 1.165) is 122 Å². The summed E-state index contributed by atoms with van der Waals surface area (Å²) in [6.07, 6.45) is 23.2. The fourth-order valence-electron chi connectivity index (χ4n) is 21.7. The van der Waals surface area contributed by atoms with Gasteiger partial charge in [-0.05, 0) is 184 Å². The van der Waals surface area contributed by atoms with Crippen LogP contribution in [-0.2, 0) is 43.5 Å². The summed E-state index contributed by atoms with van der Waals surface area (Å²) in [6.45, 7) is 15.9. The van der Waals surface area contributed by atoms with Gasteiger partial charge in [-0.2, -0.15) is 0 Å². The van der Waals surface area contributed by atoms with Crippen molar-refractivity contribution in [1.82, 2.24) is 48.0 Å². The zero-order chi connectivity index (χ0) is 89.5. The number of carboxylic acid groups (broad SMARTS) is 3. The number of nitrogens with zero attached hydrogens (tertiary/aromatic N) is 10. The molecule has 0 spiro atoms. The van der Waals surface area contributed by atoms with E-state index in [1.54, 1.807) is 41.3 Å². The number of morpholine rings is 1. The number of rotatable bonds is 10. The second-order valence-corrected chi connectivity index (χ2v) is 37.3. The fraction of sp³-hybridized carbons (Fsp3) is 0.411. The molecule has 10 heterocycles. The Bertz CT molecular complexity index is 6160. The predicted octanol–water partition coefficient (Wildman–Crippen LogP) is 19.7. The Kier molecular flexibility index (Phi) is 27.3. The number of urea groups is 1. The Morgan fingerprint density at radius 3 is 1.06 bits per heavy atom. The van der Waals surface area contributed by atoms with Gasteiger partial charge in [-0.25, -0.2) is 24.0 Å². The number of amides is 7. The van der Waals surface area contributed by atoms with Gasteiger partial charge in [0.05, 0.1) is 66.6 Å². The smallest absolute Gasteiger partial charge is 0.410 e. The molecule has 684 valence electrons. The van der Waals surface area contributed by atoms with E-state index < -0.39 is 23.5 Å². The van der Waals surface area contributed by atoms with Crippen molar-refractivity contribution in [1.29, 1.82) is 0 Å². The molecular formula is C107H122N10O14. The van der Waals surface area contributed by atoms with Crippen molar-refractivity contribution in [3.8, 4) is 33.8 Å². The summed E-state index contributed by atoms with van der Waals surface area (Å²) >= 11 is 0. The van der Waals surface area contributed by atoms with Crippen molar-refractivity contribution >= 4 is 105 Å². The molecule has 7 fully saturated rings. The predicted molar refractivity (Wildman–Crippen MR) is 512 cm³/mol. The molecule has 131 heavy (non-hydrogen) atoms. The molecular weight excluding hydrogens is 1650 g/mol. The van der Waals surface area contributed by atoms with Crippen LogP contribution < -0.4 is 0 Å². The van der Waals surface area contributed by atoms with Crippen LogP contribution in [0.25, 0.3) is 84.7 Å². The highest BCUT2D eigenvalue weighted by Gasteiger charge is 2.40. The van der Waals surface area contributed by atoms with Gasteiger partial charge in [0.25, 0.3) is 23.6 Å². The average Bonchev–Trinajstić information content (AvgIpc) is 1.58. The Hall–Kier alpha value is -12.8. The first-order chi connectivity index (χ1) is 62.5. The quantitative estimate of drug-likeness (QED) is 0.115. The summed E-state index contributed by atoms with van der Waals surface area (Å²) in [5.41, 5.74) is 18.8. The lowest BCUT2D eigenvalue weighted by Crippen LogP contribution is -2.55. The van der Waals surface area contributed by atoms with Crippen molar-refractivity contribution in [2.24, 2.45) is 0 Å². The first-order valence-electron chi connectivity index (χ1n) is 46.4. The molecule has 20 rings (SSSR count). The number of aromatic nitrogens is 3. The number of hydrogen-bond acceptors (Lipinski definition) is 11. The number of hydrogen-bond donors (Lipinski definition) is 3. The van der Waals surface area contributed by atoms with Crippen LogP contribution >= 0.6 is 0 Å². The molecule has 7 amide bonds. The largest absolute Gasteiger partial charge is 0.478 e. The first-order valence-corrected chi connectivity index (χ1v) is 46.4. The van der Waals surface area contributed by atoms with Gasteiger partial charge >= 0.3 is 30.0 Å². The third kappa shape index (κ3) is 18.6. The van der Waals surface area contributed by atoms with Crippen LogP contribution in [0, 0.1) is 0 Å². The van der Waals surface area contributed by atoms with Gasteiger partial charge in [0.2, 0.25) is 0 Å². The standard InChI is InChI=1S/C37H37N3O4.C34H38N4O5.C34H39N3O5.2CH4/c1-24-22-38(35(41)26-12-6-3-7-13-26)18-19-39(24)36(42)29-20-27-14-8-9-15-30(27)34-33(25-10-4-2-5-11-25)31-17-16-28(37(43)44)21-32(31)40(34)23-29;39-32(35-12-14-36(15-13-35)34(42)37-16-18-43-19-17-37)26-20-24-8-4-5-9-27(24)31-30(23-6-2-1-3-7-23)28-11-10-25(33(40)41)21-29(28)38(31)22-26;1-34(2,3)42-33(41)36-17-15-35(16-18-36)31(38)25-19-23-11-7-8-12-26(23)30-29(22-9-5-4-6-10-22)27-14-13-24(32(39)40)20-28(27)37(30)21-25;;/h3,6-9,12-17,20-21,24-25H,2,4-5,10-11,18-19,22-23H2,1H3,(H,43,44);4-5,8-11,20-21,23H,1-3,6-7,12-19,22H2,(H,40,41);7-8,11-14,19-20,22H,4-6,9-10,15-18,21H2,1-3H3,(H,39,40);2*1H4/t24-;;;;/m1..../s1. The Labute approximate surface area is 766 Å². The normalized spacial score (nSPS) is 18.4. The Balaban J connectivity index is 0.000000143. The topological polar surface area (TPSA) is 270 Å². The van der Waals surface area contributed by atoms with Gasteiger partial charge < -0.3 is 72.8 Å². The van der Waals surface area contributed by atoms with Gasteiger partial charge in [-0.15, -0.1) is 0 Å². The minimum Gasteiger partial charge on any atom is -0.478 e. The number of benzene rings is 7. The second-order valence-electron chi connectivity index (χ2n) is 37.3. The SMILES string of the molecule is C.C.CC(C)(C)OC(=O)N1CCN(C(=O)C2=Cc3ccccc3-c3c(C4CCCCC4)c4ccc(C(=O)O)cc4n3C2)CC1.C[C@@H]1CN(C(=O)c2ccccc2)CCN1C(=O)C1=Cc2ccccc2-c2c(C3CCCCC3)c3ccc(C(=O)O)cc3n2C1.O=C(O)c1ccc2c(C3CCCCC3)c3n(c2c1)CC(C(=O)N1CCN(C(=O)N2CCOCC2)CC1)=Cc1ccccc1-3. The number of aromatic carboxylic acids is 3. The summed E-state index contributed by atoms with van der Waals surface area (Å²) in [5, 5.41) is 32.8. The van der Waals surface area contributed by atoms with E-state index in [1.165, 1.54) is 74.5 Å². The molecule has 4 saturated heterocycles. The van der Waals surface area contributed by atoms with Crippen LogP contribution in [0.2, 0.25) is 0 Å². The minimum atomic E-state index is -0.963. The molecule has 1 atom stereocenters. The number of carboxylic acids is 3. The highest BCUT2D eigenvalue weighted by Crippen LogP contribution is 2.51. The van der Waals surface area contributed by atoms with Crippen LogP contribution in [0.5, 0.6) is 0 Å². The lowest BCUT2D eigenvalue weighted by Gasteiger charge is -2.40. The maximum atomic E-state index is 14.3. The molecule has 0 bridgehead atoms. The second kappa shape index (κ2) is 39.1. The van der Waals surface area contributed by atoms with E-state index in [-0.39, 0.29) is 73.3 Å². The molecule has 10 aliphatic rings. The number of carbonyl (C=O) groups excluding carboxylic acids is 6. The molecule has 7 aliphatic heterocycles. The third-order valence-electron chi connectivity index (χ3n) is 28.1. The summed E-state index contributed by atoms with van der Waals surface area (Å²) in [4.78, 5) is 130. The summed E-state index contributed by atoms with van der Waals surface area (Å²) in [5.74, 6) is -1.85. The molecule has 10 aromatic rings.